The molecule has 45 heavy (non-hydrogen) atoms. The Hall–Kier alpha value is -3.71. The SMILES string of the molecule is CC(C)(C)C.O=COC(c1ccccc1)C(c1ccccc1)N1CC(c2cccc(Cl)c2F)C2(C1)C(=O)Nc1cc(Cl)ccc12. The molecule has 4 aromatic carbocycles. The van der Waals surface area contributed by atoms with E-state index in [0.29, 0.717) is 34.7 Å². The molecule has 2 aliphatic heterocycles. The monoisotopic (exact) mass is 646 g/mol. The maximum Gasteiger partial charge on any atom is 0.293 e. The second kappa shape index (κ2) is 13.3. The number of nitrogens with one attached hydrogen (secondary N) is 1. The van der Waals surface area contributed by atoms with Crippen LogP contribution in [0.15, 0.2) is 97.1 Å². The Kier molecular flexibility index (Phi) is 9.68. The topological polar surface area (TPSA) is 58.6 Å². The molecule has 1 amide bonds. The molecular formula is C37H37Cl2FN2O3. The van der Waals surface area contributed by atoms with Crippen LogP contribution in [0, 0.1) is 11.2 Å². The molecule has 2 aliphatic rings. The molecule has 0 radical (unpaired) electrons. The molecule has 8 heteroatoms. The van der Waals surface area contributed by atoms with Gasteiger partial charge in [0.15, 0.2) is 0 Å². The average Bonchev–Trinajstić information content (AvgIpc) is 3.51. The molecule has 0 aliphatic carbocycles. The van der Waals surface area contributed by atoms with E-state index in [0.717, 1.165) is 16.7 Å². The third kappa shape index (κ3) is 6.79. The highest BCUT2D eigenvalue weighted by atomic mass is 35.5. The summed E-state index contributed by atoms with van der Waals surface area (Å²) >= 11 is 12.5. The summed E-state index contributed by atoms with van der Waals surface area (Å²) in [7, 11) is 0. The standard InChI is InChI=1S/C32H25Cl2FN2O3.C5H12/c33-22-14-15-24-27(16-22)36-31(39)32(24)18-37(17-25(32)23-12-7-13-26(34)28(23)35)29(20-8-3-1-4-9-20)30(40-19-38)21-10-5-2-6-11-21;1-5(2,3)4/h1-16,19,25,29-30H,17-18H2,(H,36,39);1-4H3. The number of ether oxygens (including phenoxy) is 1. The lowest BCUT2D eigenvalue weighted by molar-refractivity contribution is -0.138. The number of amides is 1. The van der Waals surface area contributed by atoms with E-state index in [2.05, 4.69) is 37.9 Å². The number of anilines is 1. The first-order valence-electron chi connectivity index (χ1n) is 14.9. The van der Waals surface area contributed by atoms with Gasteiger partial charge in [-0.2, -0.15) is 0 Å². The number of hydrogen-bond acceptors (Lipinski definition) is 4. The molecule has 2 heterocycles. The summed E-state index contributed by atoms with van der Waals surface area (Å²) in [6.45, 7) is 9.75. The zero-order chi connectivity index (χ0) is 32.4. The number of carbonyl (C=O) groups excluding carboxylic acids is 2. The van der Waals surface area contributed by atoms with Crippen LogP contribution in [0.25, 0.3) is 0 Å². The van der Waals surface area contributed by atoms with Gasteiger partial charge in [-0.3, -0.25) is 14.5 Å². The summed E-state index contributed by atoms with van der Waals surface area (Å²) in [6.07, 6.45) is -0.685. The Morgan fingerprint density at radius 3 is 2.18 bits per heavy atom. The van der Waals surface area contributed by atoms with Crippen LogP contribution >= 0.6 is 23.2 Å². The van der Waals surface area contributed by atoms with Crippen molar-refractivity contribution in [1.29, 1.82) is 0 Å². The van der Waals surface area contributed by atoms with Gasteiger partial charge in [-0.15, -0.1) is 0 Å². The number of carbonyl (C=O) groups is 2. The molecule has 0 saturated carbocycles. The van der Waals surface area contributed by atoms with Gasteiger partial charge in [-0.1, -0.05) is 130 Å². The van der Waals surface area contributed by atoms with E-state index in [1.807, 2.05) is 66.7 Å². The van der Waals surface area contributed by atoms with E-state index < -0.39 is 29.3 Å². The molecule has 5 nitrogen and oxygen atoms in total. The van der Waals surface area contributed by atoms with E-state index in [-0.39, 0.29) is 17.5 Å². The summed E-state index contributed by atoms with van der Waals surface area (Å²) in [5.41, 5.74) is 2.77. The third-order valence-corrected chi connectivity index (χ3v) is 8.62. The highest BCUT2D eigenvalue weighted by Crippen LogP contribution is 2.55. The van der Waals surface area contributed by atoms with Crippen LogP contribution in [0.5, 0.6) is 0 Å². The molecule has 1 N–H and O–H groups in total. The second-order valence-electron chi connectivity index (χ2n) is 13.2. The minimum absolute atomic E-state index is 0.00751. The van der Waals surface area contributed by atoms with E-state index >= 15 is 4.39 Å². The van der Waals surface area contributed by atoms with Gasteiger partial charge in [0.05, 0.1) is 16.5 Å². The van der Waals surface area contributed by atoms with Crippen LogP contribution in [0.1, 0.15) is 68.0 Å². The number of benzene rings is 4. The van der Waals surface area contributed by atoms with Crippen LogP contribution in [-0.4, -0.2) is 30.4 Å². The summed E-state index contributed by atoms with van der Waals surface area (Å²) in [5.74, 6) is -1.38. The van der Waals surface area contributed by atoms with Gasteiger partial charge < -0.3 is 10.1 Å². The Morgan fingerprint density at radius 2 is 1.56 bits per heavy atom. The fourth-order valence-corrected chi connectivity index (χ4v) is 6.74. The van der Waals surface area contributed by atoms with Gasteiger partial charge in [0.2, 0.25) is 5.91 Å². The van der Waals surface area contributed by atoms with E-state index in [9.17, 15) is 9.59 Å². The van der Waals surface area contributed by atoms with Crippen molar-refractivity contribution in [1.82, 2.24) is 4.90 Å². The predicted octanol–water partition coefficient (Wildman–Crippen LogP) is 9.13. The average molecular weight is 648 g/mol. The zero-order valence-corrected chi connectivity index (χ0v) is 27.3. The van der Waals surface area contributed by atoms with Crippen LogP contribution in [0.2, 0.25) is 10.0 Å². The first kappa shape index (κ1) is 32.7. The molecule has 1 fully saturated rings. The molecule has 4 aromatic rings. The maximum atomic E-state index is 15.7. The third-order valence-electron chi connectivity index (χ3n) is 8.09. The quantitative estimate of drug-likeness (QED) is 0.203. The second-order valence-corrected chi connectivity index (χ2v) is 14.0. The van der Waals surface area contributed by atoms with Gasteiger partial charge >= 0.3 is 0 Å². The zero-order valence-electron chi connectivity index (χ0n) is 25.8. The Morgan fingerprint density at radius 1 is 0.933 bits per heavy atom. The number of rotatable bonds is 7. The van der Waals surface area contributed by atoms with Crippen molar-refractivity contribution in [2.75, 3.05) is 18.4 Å². The Labute approximate surface area is 274 Å². The molecule has 234 valence electrons. The smallest absolute Gasteiger partial charge is 0.293 e. The minimum Gasteiger partial charge on any atom is -0.458 e. The lowest BCUT2D eigenvalue weighted by Gasteiger charge is -2.35. The summed E-state index contributed by atoms with van der Waals surface area (Å²) in [6, 6.07) is 28.9. The number of likely N-dealkylation sites (tertiary alicyclic amines) is 1. The lowest BCUT2D eigenvalue weighted by atomic mass is 9.70. The highest BCUT2D eigenvalue weighted by Gasteiger charge is 2.60. The minimum atomic E-state index is -1.14. The van der Waals surface area contributed by atoms with Crippen molar-refractivity contribution in [2.24, 2.45) is 5.41 Å². The molecule has 6 rings (SSSR count). The van der Waals surface area contributed by atoms with Crippen molar-refractivity contribution in [3.63, 3.8) is 0 Å². The largest absolute Gasteiger partial charge is 0.458 e. The number of halogens is 3. The normalized spacial score (nSPS) is 20.5. The van der Waals surface area contributed by atoms with Gasteiger partial charge in [-0.05, 0) is 45.9 Å². The van der Waals surface area contributed by atoms with Crippen LogP contribution < -0.4 is 5.32 Å². The maximum absolute atomic E-state index is 15.7. The van der Waals surface area contributed by atoms with Gasteiger partial charge in [0.25, 0.3) is 6.47 Å². The summed E-state index contributed by atoms with van der Waals surface area (Å²) in [5, 5.41) is 3.48. The van der Waals surface area contributed by atoms with Crippen molar-refractivity contribution < 1.29 is 18.7 Å². The van der Waals surface area contributed by atoms with E-state index in [1.165, 1.54) is 6.07 Å². The van der Waals surface area contributed by atoms with Gasteiger partial charge in [0, 0.05) is 29.7 Å². The van der Waals surface area contributed by atoms with E-state index in [1.54, 1.807) is 24.3 Å². The molecule has 4 atom stereocenters. The first-order valence-corrected chi connectivity index (χ1v) is 15.7. The van der Waals surface area contributed by atoms with Gasteiger partial charge in [0.1, 0.15) is 11.9 Å². The fourth-order valence-electron chi connectivity index (χ4n) is 6.38. The number of hydrogen-bond donors (Lipinski definition) is 1. The van der Waals surface area contributed by atoms with Crippen molar-refractivity contribution in [3.8, 4) is 0 Å². The molecule has 1 saturated heterocycles. The molecule has 4 unspecified atom stereocenters. The molecular weight excluding hydrogens is 610 g/mol. The lowest BCUT2D eigenvalue weighted by Crippen LogP contribution is -2.42. The van der Waals surface area contributed by atoms with Crippen LogP contribution in [0.4, 0.5) is 10.1 Å². The van der Waals surface area contributed by atoms with Crippen molar-refractivity contribution in [3.05, 3.63) is 135 Å². The van der Waals surface area contributed by atoms with Crippen LogP contribution in [0.3, 0.4) is 0 Å². The molecule has 1 spiro atoms. The van der Waals surface area contributed by atoms with E-state index in [4.69, 9.17) is 27.9 Å². The van der Waals surface area contributed by atoms with Crippen molar-refractivity contribution >= 4 is 41.3 Å². The number of nitrogens with zero attached hydrogens (tertiary/aromatic N) is 1. The fraction of sp³-hybridized carbons (Fsp3) is 0.297. The summed E-state index contributed by atoms with van der Waals surface area (Å²) < 4.78 is 21.4. The van der Waals surface area contributed by atoms with Crippen LogP contribution in [-0.2, 0) is 19.7 Å². The van der Waals surface area contributed by atoms with Gasteiger partial charge in [-0.25, -0.2) is 4.39 Å². The molecule has 0 aromatic heterocycles. The molecule has 0 bridgehead atoms. The van der Waals surface area contributed by atoms with Crippen molar-refractivity contribution in [2.45, 2.75) is 51.2 Å². The summed E-state index contributed by atoms with van der Waals surface area (Å²) in [4.78, 5) is 27.9. The predicted molar refractivity (Wildman–Crippen MR) is 178 cm³/mol. The Balaban J connectivity index is 0.000000743. The Bertz CT molecular complexity index is 1660. The number of fused-ring (bicyclic) bond motifs is 2. The first-order chi connectivity index (χ1) is 21.4. The highest BCUT2D eigenvalue weighted by molar-refractivity contribution is 6.31.